The molecule has 0 saturated carbocycles. The first-order chi connectivity index (χ1) is 1.73. The van der Waals surface area contributed by atoms with Crippen LogP contribution in [0.15, 0.2) is 0 Å². The first kappa shape index (κ1) is 4.25. The van der Waals surface area contributed by atoms with Gasteiger partial charge < -0.3 is 0 Å². The van der Waals surface area contributed by atoms with Gasteiger partial charge in [-0.05, 0) is 23.2 Å². The molecule has 0 heterocycles. The van der Waals surface area contributed by atoms with E-state index >= 15 is 0 Å². The van der Waals surface area contributed by atoms with Gasteiger partial charge in [-0.1, -0.05) is 0 Å². The smallest absolute Gasteiger partial charge is 0.262 e. The molecule has 0 atom stereocenters. The lowest BCUT2D eigenvalue weighted by Crippen LogP contribution is -1.46. The Morgan fingerprint density at radius 2 is 1.50 bits per heavy atom. The third-order valence-electron chi connectivity index (χ3n) is 0. The maximum atomic E-state index is 8.98. The molecule has 24 valence electrons. The van der Waals surface area contributed by atoms with Crippen LogP contribution < -0.4 is 0 Å². The van der Waals surface area contributed by atoms with E-state index in [0.29, 0.717) is 0 Å². The first-order valence-electron chi connectivity index (χ1n) is 0.582. The Labute approximate surface area is 33.5 Å². The highest BCUT2D eigenvalue weighted by Gasteiger charge is 1.72. The Kier molecular flexibility index (Phi) is 1.66. The van der Waals surface area contributed by atoms with E-state index in [4.69, 9.17) is 4.79 Å². The van der Waals surface area contributed by atoms with E-state index in [-0.39, 0.29) is 0 Å². The Hall–Kier alpha value is 0.250. The van der Waals surface area contributed by atoms with Crippen LogP contribution in [-0.4, -0.2) is 4.70 Å². The summed E-state index contributed by atoms with van der Waals surface area (Å²) in [6.07, 6.45) is 0. The molecule has 0 aromatic heterocycles. The van der Waals surface area contributed by atoms with Gasteiger partial charge in [0, 0.05) is 0 Å². The van der Waals surface area contributed by atoms with Gasteiger partial charge in [0.25, 0.3) is 0 Å². The number of carbonyl (C=O) groups is 1. The number of carbonyl (C=O) groups excluding carboxylic acids is 1. The molecule has 0 aliphatic carbocycles. The molecule has 0 rings (SSSR count). The van der Waals surface area contributed by atoms with E-state index in [9.17, 15) is 0 Å². The van der Waals surface area contributed by atoms with E-state index in [1.807, 2.05) is 0 Å². The second kappa shape index (κ2) is 1.56. The third kappa shape index (κ3) is 56.3. The second-order valence-corrected chi connectivity index (χ2v) is 1.11. The first-order valence-corrected chi connectivity index (χ1v) is 1.34. The van der Waals surface area contributed by atoms with Crippen molar-refractivity contribution in [3.05, 3.63) is 0 Å². The van der Waals surface area contributed by atoms with Gasteiger partial charge >= 0.3 is 4.70 Å². The molecule has 1 nitrogen and oxygen atoms in total. The molecule has 0 unspecified atom stereocenters. The van der Waals surface area contributed by atoms with Gasteiger partial charge in [0.2, 0.25) is 0 Å². The molecule has 0 aliphatic heterocycles. The lowest BCUT2D eigenvalue weighted by Gasteiger charge is -1.48. The largest absolute Gasteiger partial charge is 0.313 e. The van der Waals surface area contributed by atoms with Gasteiger partial charge in [-0.25, -0.2) is 0 Å². The number of hydrogen-bond donors (Lipinski definition) is 0. The SMILES string of the molecule is O=[13C](Cl)Cl. The fourth-order valence-corrected chi connectivity index (χ4v) is 0. The summed E-state index contributed by atoms with van der Waals surface area (Å²) in [7, 11) is 0. The zero-order chi connectivity index (χ0) is 3.58. The monoisotopic (exact) mass is 98.9 g/mol. The van der Waals surface area contributed by atoms with Crippen molar-refractivity contribution in [2.75, 3.05) is 0 Å². The van der Waals surface area contributed by atoms with E-state index < -0.39 is 4.70 Å². The van der Waals surface area contributed by atoms with Gasteiger partial charge in [0.15, 0.2) is 0 Å². The lowest BCUT2D eigenvalue weighted by atomic mass is 12.8. The van der Waals surface area contributed by atoms with Crippen LogP contribution in [0.2, 0.25) is 0 Å². The highest BCUT2D eigenvalue weighted by molar-refractivity contribution is 6.93. The summed E-state index contributed by atoms with van der Waals surface area (Å²) in [5.41, 5.74) is 0. The quantitative estimate of drug-likeness (QED) is 0.333. The Morgan fingerprint density at radius 1 is 1.50 bits per heavy atom. The van der Waals surface area contributed by atoms with Crippen LogP contribution in [0.1, 0.15) is 0 Å². The number of rotatable bonds is 0. The molecule has 0 spiro atoms. The van der Waals surface area contributed by atoms with E-state index in [0.717, 1.165) is 0 Å². The summed E-state index contributed by atoms with van der Waals surface area (Å²) in [6.45, 7) is 0. The fourth-order valence-electron chi connectivity index (χ4n) is 0. The van der Waals surface area contributed by atoms with E-state index in [2.05, 4.69) is 23.2 Å². The average Bonchev–Trinajstić information content (AvgIpc) is 0.811. The van der Waals surface area contributed by atoms with Crippen molar-refractivity contribution in [1.29, 1.82) is 0 Å². The lowest BCUT2D eigenvalue weighted by molar-refractivity contribution is 0.275. The van der Waals surface area contributed by atoms with Crippen molar-refractivity contribution in [1.82, 2.24) is 0 Å². The van der Waals surface area contributed by atoms with Gasteiger partial charge in [0.05, 0.1) is 0 Å². The summed E-state index contributed by atoms with van der Waals surface area (Å²) in [5.74, 6) is 0. The standard InChI is InChI=1S/CCl2O/c2-1(3)4/i1+1. The normalized spacial score (nSPS) is 6.50. The molecule has 0 saturated heterocycles. The summed E-state index contributed by atoms with van der Waals surface area (Å²) in [4.78, 5) is 8.98. The predicted molar refractivity (Wildman–Crippen MR) is 17.1 cm³/mol. The van der Waals surface area contributed by atoms with Crippen molar-refractivity contribution in [2.24, 2.45) is 0 Å². The topological polar surface area (TPSA) is 17.1 Å². The molecule has 0 fully saturated rings. The zero-order valence-corrected chi connectivity index (χ0v) is 3.18. The van der Waals surface area contributed by atoms with Gasteiger partial charge in [0.1, 0.15) is 0 Å². The predicted octanol–water partition coefficient (Wildman–Crippen LogP) is 1.58. The molecule has 0 bridgehead atoms. The molecule has 0 N–H and O–H groups in total. The van der Waals surface area contributed by atoms with Gasteiger partial charge in [-0.2, -0.15) is 0 Å². The van der Waals surface area contributed by atoms with E-state index in [1.54, 1.807) is 0 Å². The van der Waals surface area contributed by atoms with Crippen LogP contribution in [0, 0.1) is 0 Å². The molecular weight excluding hydrogens is 99.9 g/mol. The van der Waals surface area contributed by atoms with Gasteiger partial charge in [-0.3, -0.25) is 4.79 Å². The summed E-state index contributed by atoms with van der Waals surface area (Å²) in [5, 5.41) is 0. The maximum Gasteiger partial charge on any atom is 0.313 e. The molecule has 0 aromatic rings. The summed E-state index contributed by atoms with van der Waals surface area (Å²) < 4.78 is -0.889. The van der Waals surface area contributed by atoms with Crippen molar-refractivity contribution in [3.63, 3.8) is 0 Å². The highest BCUT2D eigenvalue weighted by atomic mass is 35.5. The minimum Gasteiger partial charge on any atom is -0.262 e. The minimum atomic E-state index is -0.889. The molecule has 0 aliphatic rings. The number of halogens is 2. The second-order valence-electron chi connectivity index (χ2n) is 0.226. The highest BCUT2D eigenvalue weighted by Crippen LogP contribution is 1.84. The fraction of sp³-hybridized carbons (Fsp3) is 0. The third-order valence-corrected chi connectivity index (χ3v) is 0. The van der Waals surface area contributed by atoms with Crippen molar-refractivity contribution in [3.8, 4) is 0 Å². The molecule has 0 aromatic carbocycles. The summed E-state index contributed by atoms with van der Waals surface area (Å²) >= 11 is 8.80. The minimum absolute atomic E-state index is 0.889. The zero-order valence-electron chi connectivity index (χ0n) is 1.66. The van der Waals surface area contributed by atoms with Crippen molar-refractivity contribution >= 4 is 27.9 Å². The molecule has 0 amide bonds. The van der Waals surface area contributed by atoms with Crippen LogP contribution in [0.4, 0.5) is 4.79 Å². The van der Waals surface area contributed by atoms with Crippen molar-refractivity contribution < 1.29 is 4.79 Å². The van der Waals surface area contributed by atoms with Crippen LogP contribution in [-0.2, 0) is 0 Å². The Morgan fingerprint density at radius 3 is 1.50 bits per heavy atom. The van der Waals surface area contributed by atoms with Crippen LogP contribution in [0.25, 0.3) is 0 Å². The van der Waals surface area contributed by atoms with Gasteiger partial charge in [-0.15, -0.1) is 0 Å². The maximum absolute atomic E-state index is 8.98. The molecule has 4 heavy (non-hydrogen) atoms. The van der Waals surface area contributed by atoms with E-state index in [1.165, 1.54) is 0 Å². The molecular formula is CCl2O. The number of hydrogen-bond acceptors (Lipinski definition) is 1. The summed E-state index contributed by atoms with van der Waals surface area (Å²) in [6, 6.07) is 0. The Balaban J connectivity index is 2.80. The van der Waals surface area contributed by atoms with Crippen molar-refractivity contribution in [2.45, 2.75) is 0 Å². The van der Waals surface area contributed by atoms with Crippen LogP contribution in [0.3, 0.4) is 0 Å². The average molecular weight is 99.9 g/mol. The Bertz CT molecular complexity index is 29.0. The van der Waals surface area contributed by atoms with Crippen LogP contribution >= 0.6 is 23.2 Å². The molecule has 0 radical (unpaired) electrons. The van der Waals surface area contributed by atoms with Crippen LogP contribution in [0.5, 0.6) is 0 Å². The molecule has 3 heteroatoms.